The molecule has 88 valence electrons. The number of halogens is 1. The van der Waals surface area contributed by atoms with Crippen LogP contribution < -0.4 is 4.90 Å². The van der Waals surface area contributed by atoms with Crippen LogP contribution in [0.5, 0.6) is 0 Å². The van der Waals surface area contributed by atoms with Crippen molar-refractivity contribution in [3.05, 3.63) is 29.6 Å². The summed E-state index contributed by atoms with van der Waals surface area (Å²) in [6.07, 6.45) is 2.58. The van der Waals surface area contributed by atoms with Crippen molar-refractivity contribution in [2.75, 3.05) is 18.0 Å². The third kappa shape index (κ3) is 2.73. The summed E-state index contributed by atoms with van der Waals surface area (Å²) in [5, 5.41) is 9.05. The van der Waals surface area contributed by atoms with Crippen LogP contribution >= 0.6 is 0 Å². The van der Waals surface area contributed by atoms with Crippen LogP contribution in [-0.4, -0.2) is 18.2 Å². The van der Waals surface area contributed by atoms with Gasteiger partial charge in [-0.05, 0) is 49.4 Å². The van der Waals surface area contributed by atoms with E-state index in [9.17, 15) is 4.39 Å². The molecular formula is C13H18FNO. The molecular weight excluding hydrogens is 205 g/mol. The van der Waals surface area contributed by atoms with E-state index < -0.39 is 0 Å². The fourth-order valence-electron chi connectivity index (χ4n) is 1.94. The van der Waals surface area contributed by atoms with Gasteiger partial charge in [0.15, 0.2) is 0 Å². The second-order valence-electron chi connectivity index (χ2n) is 4.46. The van der Waals surface area contributed by atoms with Crippen LogP contribution in [0.3, 0.4) is 0 Å². The molecule has 1 saturated carbocycles. The Morgan fingerprint density at radius 3 is 2.69 bits per heavy atom. The fraction of sp³-hybridized carbons (Fsp3) is 0.538. The molecule has 0 unspecified atom stereocenters. The van der Waals surface area contributed by atoms with Gasteiger partial charge in [-0.25, -0.2) is 4.39 Å². The largest absolute Gasteiger partial charge is 0.392 e. The third-order valence-corrected chi connectivity index (χ3v) is 3.05. The molecule has 0 atom stereocenters. The summed E-state index contributed by atoms with van der Waals surface area (Å²) < 4.78 is 13.3. The van der Waals surface area contributed by atoms with Crippen molar-refractivity contribution in [3.63, 3.8) is 0 Å². The molecule has 1 aliphatic rings. The molecule has 2 rings (SSSR count). The Hall–Kier alpha value is -1.09. The molecule has 1 N–H and O–H groups in total. The molecule has 0 amide bonds. The Kier molecular flexibility index (Phi) is 3.44. The van der Waals surface area contributed by atoms with E-state index in [0.29, 0.717) is 5.56 Å². The smallest absolute Gasteiger partial charge is 0.125 e. The molecule has 0 heterocycles. The Bertz CT molecular complexity index is 363. The van der Waals surface area contributed by atoms with Gasteiger partial charge in [-0.1, -0.05) is 0 Å². The van der Waals surface area contributed by atoms with E-state index in [-0.39, 0.29) is 12.4 Å². The highest BCUT2D eigenvalue weighted by molar-refractivity contribution is 5.49. The van der Waals surface area contributed by atoms with Crippen molar-refractivity contribution in [1.82, 2.24) is 0 Å². The predicted octanol–water partition coefficient (Wildman–Crippen LogP) is 2.55. The van der Waals surface area contributed by atoms with Crippen molar-refractivity contribution in [3.8, 4) is 0 Å². The van der Waals surface area contributed by atoms with E-state index in [1.54, 1.807) is 6.07 Å². The van der Waals surface area contributed by atoms with Crippen molar-refractivity contribution in [2.45, 2.75) is 26.4 Å². The van der Waals surface area contributed by atoms with Gasteiger partial charge in [-0.2, -0.15) is 0 Å². The van der Waals surface area contributed by atoms with E-state index in [1.807, 2.05) is 6.07 Å². The molecule has 0 bridgehead atoms. The number of rotatable bonds is 5. The van der Waals surface area contributed by atoms with Crippen LogP contribution in [0.15, 0.2) is 18.2 Å². The first-order chi connectivity index (χ1) is 7.72. The molecule has 0 radical (unpaired) electrons. The van der Waals surface area contributed by atoms with Gasteiger partial charge in [-0.3, -0.25) is 0 Å². The molecule has 1 aromatic carbocycles. The van der Waals surface area contributed by atoms with E-state index in [0.717, 1.165) is 24.7 Å². The summed E-state index contributed by atoms with van der Waals surface area (Å²) in [5.74, 6) is 0.511. The topological polar surface area (TPSA) is 23.5 Å². The Morgan fingerprint density at radius 2 is 2.12 bits per heavy atom. The lowest BCUT2D eigenvalue weighted by atomic mass is 10.2. The molecule has 0 aliphatic heterocycles. The summed E-state index contributed by atoms with van der Waals surface area (Å²) in [4.78, 5) is 2.18. The van der Waals surface area contributed by atoms with Crippen molar-refractivity contribution in [2.24, 2.45) is 5.92 Å². The van der Waals surface area contributed by atoms with Gasteiger partial charge < -0.3 is 10.0 Å². The molecule has 1 aromatic rings. The molecule has 0 aromatic heterocycles. The van der Waals surface area contributed by atoms with Crippen molar-refractivity contribution >= 4 is 5.69 Å². The van der Waals surface area contributed by atoms with Crippen LogP contribution in [-0.2, 0) is 6.61 Å². The number of aliphatic hydroxyl groups excluding tert-OH is 1. The lowest BCUT2D eigenvalue weighted by Crippen LogP contribution is -2.25. The lowest BCUT2D eigenvalue weighted by Gasteiger charge is -2.23. The number of benzene rings is 1. The fourth-order valence-corrected chi connectivity index (χ4v) is 1.94. The summed E-state index contributed by atoms with van der Waals surface area (Å²) in [6.45, 7) is 3.85. The highest BCUT2D eigenvalue weighted by Crippen LogP contribution is 2.31. The van der Waals surface area contributed by atoms with Gasteiger partial charge in [0.05, 0.1) is 6.61 Å². The summed E-state index contributed by atoms with van der Waals surface area (Å²) in [5.41, 5.74) is 1.53. The number of hydrogen-bond acceptors (Lipinski definition) is 2. The Morgan fingerprint density at radius 1 is 1.38 bits per heavy atom. The SMILES string of the molecule is CCN(CC1CC1)c1cc(F)cc(CO)c1. The zero-order chi connectivity index (χ0) is 11.5. The van der Waals surface area contributed by atoms with Gasteiger partial charge in [0.1, 0.15) is 5.82 Å². The number of aliphatic hydroxyl groups is 1. The van der Waals surface area contributed by atoms with E-state index in [2.05, 4.69) is 11.8 Å². The normalized spacial score (nSPS) is 15.2. The molecule has 16 heavy (non-hydrogen) atoms. The maximum Gasteiger partial charge on any atom is 0.125 e. The maximum absolute atomic E-state index is 13.3. The lowest BCUT2D eigenvalue weighted by molar-refractivity contribution is 0.281. The summed E-state index contributed by atoms with van der Waals surface area (Å²) >= 11 is 0. The molecule has 2 nitrogen and oxygen atoms in total. The number of anilines is 1. The molecule has 1 fully saturated rings. The maximum atomic E-state index is 13.3. The Balaban J connectivity index is 2.17. The summed E-state index contributed by atoms with van der Waals surface area (Å²) in [6, 6.07) is 4.80. The standard InChI is InChI=1S/C13H18FNO/c1-2-15(8-10-3-4-10)13-6-11(9-16)5-12(14)7-13/h5-7,10,16H,2-4,8-9H2,1H3. The van der Waals surface area contributed by atoms with Crippen molar-refractivity contribution < 1.29 is 9.50 Å². The van der Waals surface area contributed by atoms with Gasteiger partial charge >= 0.3 is 0 Å². The highest BCUT2D eigenvalue weighted by Gasteiger charge is 2.24. The van der Waals surface area contributed by atoms with E-state index in [1.165, 1.54) is 18.9 Å². The average molecular weight is 223 g/mol. The minimum atomic E-state index is -0.268. The molecule has 0 saturated heterocycles. The Labute approximate surface area is 95.7 Å². The molecule has 3 heteroatoms. The van der Waals surface area contributed by atoms with Gasteiger partial charge in [0, 0.05) is 18.8 Å². The third-order valence-electron chi connectivity index (χ3n) is 3.05. The second-order valence-corrected chi connectivity index (χ2v) is 4.46. The first kappa shape index (κ1) is 11.4. The monoisotopic (exact) mass is 223 g/mol. The van der Waals surface area contributed by atoms with Gasteiger partial charge in [-0.15, -0.1) is 0 Å². The first-order valence-corrected chi connectivity index (χ1v) is 5.88. The van der Waals surface area contributed by atoms with Crippen LogP contribution in [0.4, 0.5) is 10.1 Å². The van der Waals surface area contributed by atoms with Crippen LogP contribution in [0, 0.1) is 11.7 Å². The van der Waals surface area contributed by atoms with Crippen LogP contribution in [0.1, 0.15) is 25.3 Å². The van der Waals surface area contributed by atoms with Crippen LogP contribution in [0.2, 0.25) is 0 Å². The highest BCUT2D eigenvalue weighted by atomic mass is 19.1. The first-order valence-electron chi connectivity index (χ1n) is 5.88. The minimum absolute atomic E-state index is 0.105. The van der Waals surface area contributed by atoms with E-state index in [4.69, 9.17) is 5.11 Å². The quantitative estimate of drug-likeness (QED) is 0.829. The van der Waals surface area contributed by atoms with E-state index >= 15 is 0 Å². The summed E-state index contributed by atoms with van der Waals surface area (Å²) in [7, 11) is 0. The van der Waals surface area contributed by atoms with Crippen LogP contribution in [0.25, 0.3) is 0 Å². The average Bonchev–Trinajstić information content (AvgIpc) is 3.08. The predicted molar refractivity (Wildman–Crippen MR) is 62.9 cm³/mol. The van der Waals surface area contributed by atoms with Gasteiger partial charge in [0.25, 0.3) is 0 Å². The zero-order valence-corrected chi connectivity index (χ0v) is 9.62. The van der Waals surface area contributed by atoms with Crippen molar-refractivity contribution in [1.29, 1.82) is 0 Å². The molecule has 1 aliphatic carbocycles. The zero-order valence-electron chi connectivity index (χ0n) is 9.62. The number of hydrogen-bond donors (Lipinski definition) is 1. The van der Waals surface area contributed by atoms with Gasteiger partial charge in [0.2, 0.25) is 0 Å². The second kappa shape index (κ2) is 4.83. The minimum Gasteiger partial charge on any atom is -0.392 e. The molecule has 0 spiro atoms. The number of nitrogens with zero attached hydrogens (tertiary/aromatic N) is 1.